The first-order valence-corrected chi connectivity index (χ1v) is 5.71. The van der Waals surface area contributed by atoms with E-state index in [1.54, 1.807) is 0 Å². The number of hydrogen-bond acceptors (Lipinski definition) is 7. The molecular weight excluding hydrogens is 222 g/mol. The Kier molecular flexibility index (Phi) is 4.05. The molecule has 94 valence electrons. The van der Waals surface area contributed by atoms with Crippen LogP contribution in [0.1, 0.15) is 12.8 Å². The minimum absolute atomic E-state index is 0.0736. The third kappa shape index (κ3) is 3.24. The second-order valence-corrected chi connectivity index (χ2v) is 3.92. The van der Waals surface area contributed by atoms with Gasteiger partial charge in [-0.15, -0.1) is 0 Å². The van der Waals surface area contributed by atoms with Gasteiger partial charge in [0.25, 0.3) is 0 Å². The van der Waals surface area contributed by atoms with E-state index in [1.807, 2.05) is 0 Å². The van der Waals surface area contributed by atoms with Crippen molar-refractivity contribution in [2.75, 3.05) is 36.9 Å². The number of anilines is 2. The Morgan fingerprint density at radius 1 is 1.41 bits per heavy atom. The maximum atomic E-state index is 8.68. The number of aliphatic hydroxyl groups excluding tert-OH is 1. The first kappa shape index (κ1) is 12.0. The van der Waals surface area contributed by atoms with Crippen molar-refractivity contribution in [1.29, 1.82) is 0 Å². The van der Waals surface area contributed by atoms with E-state index in [0.29, 0.717) is 12.6 Å². The summed E-state index contributed by atoms with van der Waals surface area (Å²) in [6.45, 7) is 2.15. The molecule has 1 aliphatic rings. The summed E-state index contributed by atoms with van der Waals surface area (Å²) in [5, 5.41) is 8.68. The van der Waals surface area contributed by atoms with Gasteiger partial charge in [-0.25, -0.2) is 9.97 Å². The Balaban J connectivity index is 1.86. The fourth-order valence-corrected chi connectivity index (χ4v) is 1.89. The van der Waals surface area contributed by atoms with Crippen molar-refractivity contribution in [3.05, 3.63) is 6.33 Å². The molecule has 0 aromatic carbocycles. The van der Waals surface area contributed by atoms with Crippen molar-refractivity contribution in [2.45, 2.75) is 18.9 Å². The number of aliphatic hydroxyl groups is 1. The Morgan fingerprint density at radius 2 is 2.18 bits per heavy atom. The summed E-state index contributed by atoms with van der Waals surface area (Å²) < 4.78 is 5.49. The van der Waals surface area contributed by atoms with Gasteiger partial charge < -0.3 is 20.5 Å². The van der Waals surface area contributed by atoms with E-state index in [1.165, 1.54) is 6.33 Å². The second kappa shape index (κ2) is 5.74. The van der Waals surface area contributed by atoms with Gasteiger partial charge in [-0.1, -0.05) is 0 Å². The number of ether oxygens (including phenoxy) is 1. The number of nitrogens with zero attached hydrogens (tertiary/aromatic N) is 4. The number of nitrogens with two attached hydrogens (primary N) is 1. The minimum atomic E-state index is 0.0736. The van der Waals surface area contributed by atoms with Gasteiger partial charge >= 0.3 is 0 Å². The van der Waals surface area contributed by atoms with Crippen molar-refractivity contribution in [3.63, 3.8) is 0 Å². The second-order valence-electron chi connectivity index (χ2n) is 3.92. The molecule has 2 heterocycles. The topological polar surface area (TPSA) is 97.4 Å². The van der Waals surface area contributed by atoms with Gasteiger partial charge in [0.2, 0.25) is 11.9 Å². The summed E-state index contributed by atoms with van der Waals surface area (Å²) in [7, 11) is 0. The van der Waals surface area contributed by atoms with E-state index in [4.69, 9.17) is 15.6 Å². The largest absolute Gasteiger partial charge is 0.394 e. The highest BCUT2D eigenvalue weighted by atomic mass is 16.5. The highest BCUT2D eigenvalue weighted by Crippen LogP contribution is 2.17. The molecule has 0 bridgehead atoms. The monoisotopic (exact) mass is 239 g/mol. The molecule has 1 aliphatic heterocycles. The van der Waals surface area contributed by atoms with Crippen LogP contribution in [0.15, 0.2) is 6.33 Å². The highest BCUT2D eigenvalue weighted by Gasteiger charge is 2.21. The predicted octanol–water partition coefficient (Wildman–Crippen LogP) is -0.569. The lowest BCUT2D eigenvalue weighted by atomic mass is 10.1. The lowest BCUT2D eigenvalue weighted by Gasteiger charge is -2.31. The van der Waals surface area contributed by atoms with Gasteiger partial charge in [0.15, 0.2) is 0 Å². The summed E-state index contributed by atoms with van der Waals surface area (Å²) in [6, 6.07) is 0. The molecule has 0 saturated carbocycles. The Labute approximate surface area is 99.6 Å². The molecule has 1 fully saturated rings. The highest BCUT2D eigenvalue weighted by molar-refractivity contribution is 5.33. The molecule has 0 aliphatic carbocycles. The zero-order valence-corrected chi connectivity index (χ0v) is 9.62. The maximum absolute atomic E-state index is 8.68. The molecule has 0 atom stereocenters. The average molecular weight is 239 g/mol. The first-order valence-electron chi connectivity index (χ1n) is 5.71. The average Bonchev–Trinajstić information content (AvgIpc) is 2.37. The molecule has 0 radical (unpaired) electrons. The van der Waals surface area contributed by atoms with Crippen molar-refractivity contribution in [2.24, 2.45) is 0 Å². The normalized spacial score (nSPS) is 17.4. The van der Waals surface area contributed by atoms with Crippen LogP contribution in [0.5, 0.6) is 0 Å². The number of aromatic nitrogens is 3. The van der Waals surface area contributed by atoms with Gasteiger partial charge in [0.05, 0.1) is 19.3 Å². The third-order valence-corrected chi connectivity index (χ3v) is 2.75. The summed E-state index contributed by atoms with van der Waals surface area (Å²) in [5.41, 5.74) is 5.52. The van der Waals surface area contributed by atoms with Crippen molar-refractivity contribution >= 4 is 11.9 Å². The fourth-order valence-electron chi connectivity index (χ4n) is 1.89. The van der Waals surface area contributed by atoms with Crippen LogP contribution in [-0.2, 0) is 4.74 Å². The van der Waals surface area contributed by atoms with Crippen molar-refractivity contribution < 1.29 is 9.84 Å². The molecular formula is C10H17N5O2. The Morgan fingerprint density at radius 3 is 2.82 bits per heavy atom. The lowest BCUT2D eigenvalue weighted by Crippen LogP contribution is -2.38. The van der Waals surface area contributed by atoms with Crippen molar-refractivity contribution in [1.82, 2.24) is 15.0 Å². The van der Waals surface area contributed by atoms with Crippen LogP contribution in [-0.4, -0.2) is 52.5 Å². The van der Waals surface area contributed by atoms with Crippen LogP contribution in [0, 0.1) is 0 Å². The van der Waals surface area contributed by atoms with E-state index < -0.39 is 0 Å². The van der Waals surface area contributed by atoms with Gasteiger partial charge in [0.1, 0.15) is 6.33 Å². The molecule has 1 aromatic heterocycles. The maximum Gasteiger partial charge on any atom is 0.230 e. The number of piperidine rings is 1. The molecule has 3 N–H and O–H groups in total. The molecule has 0 amide bonds. The molecule has 1 aromatic rings. The van der Waals surface area contributed by atoms with Gasteiger partial charge in [-0.05, 0) is 12.8 Å². The van der Waals surface area contributed by atoms with Crippen LogP contribution in [0.25, 0.3) is 0 Å². The van der Waals surface area contributed by atoms with Crippen molar-refractivity contribution in [3.8, 4) is 0 Å². The summed E-state index contributed by atoms with van der Waals surface area (Å²) >= 11 is 0. The quantitative estimate of drug-likeness (QED) is 0.726. The van der Waals surface area contributed by atoms with E-state index in [2.05, 4.69) is 19.9 Å². The van der Waals surface area contributed by atoms with Crippen LogP contribution in [0.2, 0.25) is 0 Å². The number of nitrogen functional groups attached to an aromatic ring is 1. The lowest BCUT2D eigenvalue weighted by molar-refractivity contribution is 0.0157. The van der Waals surface area contributed by atoms with Gasteiger partial charge in [0, 0.05) is 13.1 Å². The molecule has 1 saturated heterocycles. The predicted molar refractivity (Wildman–Crippen MR) is 62.5 cm³/mol. The Hall–Kier alpha value is -1.47. The Bertz CT molecular complexity index is 354. The molecule has 2 rings (SSSR count). The van der Waals surface area contributed by atoms with Crippen LogP contribution < -0.4 is 10.6 Å². The van der Waals surface area contributed by atoms with E-state index in [0.717, 1.165) is 25.9 Å². The zero-order valence-electron chi connectivity index (χ0n) is 9.62. The van der Waals surface area contributed by atoms with Crippen LogP contribution in [0.4, 0.5) is 11.9 Å². The zero-order chi connectivity index (χ0) is 12.1. The van der Waals surface area contributed by atoms with E-state index in [-0.39, 0.29) is 18.7 Å². The first-order chi connectivity index (χ1) is 8.29. The van der Waals surface area contributed by atoms with Gasteiger partial charge in [-0.2, -0.15) is 4.98 Å². The standard InChI is InChI=1S/C10H17N5O2/c11-9-12-7-13-10(14-9)15-3-1-8(2-4-15)17-6-5-16/h7-8,16H,1-6H2,(H2,11,12,13,14). The summed E-state index contributed by atoms with van der Waals surface area (Å²) in [6.07, 6.45) is 3.46. The summed E-state index contributed by atoms with van der Waals surface area (Å²) in [5.74, 6) is 0.867. The van der Waals surface area contributed by atoms with E-state index >= 15 is 0 Å². The van der Waals surface area contributed by atoms with E-state index in [9.17, 15) is 0 Å². The fraction of sp³-hybridized carbons (Fsp3) is 0.700. The smallest absolute Gasteiger partial charge is 0.230 e. The SMILES string of the molecule is Nc1ncnc(N2CCC(OCCO)CC2)n1. The molecule has 7 nitrogen and oxygen atoms in total. The number of rotatable bonds is 4. The minimum Gasteiger partial charge on any atom is -0.394 e. The van der Waals surface area contributed by atoms with Gasteiger partial charge in [-0.3, -0.25) is 0 Å². The van der Waals surface area contributed by atoms with Crippen LogP contribution >= 0.6 is 0 Å². The van der Waals surface area contributed by atoms with Crippen LogP contribution in [0.3, 0.4) is 0 Å². The molecule has 0 unspecified atom stereocenters. The molecule has 17 heavy (non-hydrogen) atoms. The molecule has 7 heteroatoms. The summed E-state index contributed by atoms with van der Waals surface area (Å²) in [4.78, 5) is 14.0. The molecule has 0 spiro atoms. The number of hydrogen-bond donors (Lipinski definition) is 2. The third-order valence-electron chi connectivity index (χ3n) is 2.75.